The molecule has 0 radical (unpaired) electrons. The Balaban J connectivity index is 2.28. The summed E-state index contributed by atoms with van der Waals surface area (Å²) in [6.07, 6.45) is -5.06. The molecule has 0 saturated heterocycles. The summed E-state index contributed by atoms with van der Waals surface area (Å²) in [7, 11) is 0. The monoisotopic (exact) mass is 242 g/mol. The van der Waals surface area contributed by atoms with Crippen molar-refractivity contribution < 1.29 is 28.2 Å². The van der Waals surface area contributed by atoms with Gasteiger partial charge in [0, 0.05) is 12.1 Å². The minimum absolute atomic E-state index is 0.303. The lowest BCUT2D eigenvalue weighted by Crippen LogP contribution is -2.58. The maximum Gasteiger partial charge on any atom is 0.406 e. The molecule has 0 heterocycles. The second kappa shape index (κ2) is 4.88. The summed E-state index contributed by atoms with van der Waals surface area (Å²) in [5.74, 6) is 0. The number of rotatable bonds is 4. The van der Waals surface area contributed by atoms with Crippen LogP contribution >= 0.6 is 0 Å². The van der Waals surface area contributed by atoms with Crippen molar-refractivity contribution in [3.8, 4) is 0 Å². The van der Waals surface area contributed by atoms with Crippen molar-refractivity contribution >= 4 is 6.09 Å². The highest BCUT2D eigenvalue weighted by Crippen LogP contribution is 2.25. The maximum absolute atomic E-state index is 12.2. The Hall–Kier alpha value is -1.02. The van der Waals surface area contributed by atoms with Gasteiger partial charge in [-0.25, -0.2) is 4.79 Å². The summed E-state index contributed by atoms with van der Waals surface area (Å²) in [5, 5.41) is 21.3. The van der Waals surface area contributed by atoms with Crippen LogP contribution in [0.4, 0.5) is 18.0 Å². The van der Waals surface area contributed by atoms with Crippen molar-refractivity contribution in [3.05, 3.63) is 0 Å². The average molecular weight is 242 g/mol. The number of carbonyl (C=O) groups is 1. The van der Waals surface area contributed by atoms with Crippen LogP contribution in [0.25, 0.3) is 0 Å². The lowest BCUT2D eigenvalue weighted by molar-refractivity contribution is -0.167. The third-order valence-electron chi connectivity index (χ3n) is 2.48. The van der Waals surface area contributed by atoms with Gasteiger partial charge in [-0.3, -0.25) is 0 Å². The third kappa shape index (κ3) is 3.53. The molecule has 0 bridgehead atoms. The van der Waals surface area contributed by atoms with Gasteiger partial charge in [-0.15, -0.1) is 0 Å². The van der Waals surface area contributed by atoms with Gasteiger partial charge >= 0.3 is 12.3 Å². The first kappa shape index (κ1) is 13.0. The van der Waals surface area contributed by atoms with Gasteiger partial charge in [0.25, 0.3) is 0 Å². The van der Waals surface area contributed by atoms with E-state index in [0.717, 1.165) is 0 Å². The van der Waals surface area contributed by atoms with Gasteiger partial charge in [0.15, 0.2) is 0 Å². The predicted octanol–water partition coefficient (Wildman–Crippen LogP) is 0.298. The smallest absolute Gasteiger partial charge is 0.406 e. The van der Waals surface area contributed by atoms with Crippen molar-refractivity contribution in [2.45, 2.75) is 37.1 Å². The molecule has 1 aliphatic rings. The van der Waals surface area contributed by atoms with Gasteiger partial charge in [0.1, 0.15) is 6.04 Å². The zero-order valence-electron chi connectivity index (χ0n) is 8.29. The normalized spacial score (nSPS) is 27.0. The minimum Gasteiger partial charge on any atom is -0.465 e. The zero-order chi connectivity index (χ0) is 12.3. The first-order chi connectivity index (χ1) is 7.32. The van der Waals surface area contributed by atoms with E-state index in [0.29, 0.717) is 12.8 Å². The lowest BCUT2D eigenvalue weighted by atomic mass is 9.86. The number of hydrogen-bond donors (Lipinski definition) is 4. The number of hydrogen-bond acceptors (Lipinski definition) is 3. The molecule has 8 heteroatoms. The highest BCUT2D eigenvalue weighted by Gasteiger charge is 2.42. The van der Waals surface area contributed by atoms with Gasteiger partial charge in [-0.1, -0.05) is 0 Å². The molecule has 4 N–H and O–H groups in total. The number of aliphatic hydroxyl groups excluding tert-OH is 1. The van der Waals surface area contributed by atoms with E-state index in [1.54, 1.807) is 0 Å². The molecule has 1 rings (SSSR count). The van der Waals surface area contributed by atoms with Crippen LogP contribution in [-0.4, -0.2) is 47.2 Å². The summed E-state index contributed by atoms with van der Waals surface area (Å²) in [5.41, 5.74) is 0. The molecule has 1 amide bonds. The molecule has 5 nitrogen and oxygen atoms in total. The van der Waals surface area contributed by atoms with Crippen molar-refractivity contribution in [2.75, 3.05) is 6.61 Å². The predicted molar refractivity (Wildman–Crippen MR) is 48.0 cm³/mol. The largest absolute Gasteiger partial charge is 0.465 e. The maximum atomic E-state index is 12.2. The highest BCUT2D eigenvalue weighted by molar-refractivity contribution is 5.65. The minimum atomic E-state index is -4.49. The molecule has 0 aromatic rings. The molecule has 1 aliphatic carbocycles. The van der Waals surface area contributed by atoms with Gasteiger partial charge < -0.3 is 20.8 Å². The zero-order valence-corrected chi connectivity index (χ0v) is 8.29. The Morgan fingerprint density at radius 1 is 1.38 bits per heavy atom. The van der Waals surface area contributed by atoms with E-state index in [4.69, 9.17) is 10.2 Å². The fourth-order valence-electron chi connectivity index (χ4n) is 1.58. The second-order valence-electron chi connectivity index (χ2n) is 3.76. The fourth-order valence-corrected chi connectivity index (χ4v) is 1.58. The molecule has 0 aromatic carbocycles. The number of halogens is 3. The summed E-state index contributed by atoms with van der Waals surface area (Å²) >= 11 is 0. The van der Waals surface area contributed by atoms with Crippen LogP contribution in [0, 0.1) is 0 Å². The van der Waals surface area contributed by atoms with Crippen molar-refractivity contribution in [1.82, 2.24) is 10.6 Å². The Bertz CT molecular complexity index is 253. The summed E-state index contributed by atoms with van der Waals surface area (Å²) in [6.45, 7) is -1.02. The molecule has 1 saturated carbocycles. The van der Waals surface area contributed by atoms with Crippen LogP contribution in [0.15, 0.2) is 0 Å². The topological polar surface area (TPSA) is 81.6 Å². The van der Waals surface area contributed by atoms with Crippen molar-refractivity contribution in [3.63, 3.8) is 0 Å². The van der Waals surface area contributed by atoms with Crippen LogP contribution in [0.2, 0.25) is 0 Å². The van der Waals surface area contributed by atoms with Crippen LogP contribution in [-0.2, 0) is 0 Å². The van der Waals surface area contributed by atoms with E-state index >= 15 is 0 Å². The van der Waals surface area contributed by atoms with E-state index in [9.17, 15) is 18.0 Å². The molecular formula is C8H13F3N2O3. The number of aliphatic hydroxyl groups is 1. The molecule has 94 valence electrons. The van der Waals surface area contributed by atoms with Crippen LogP contribution in [0.3, 0.4) is 0 Å². The van der Waals surface area contributed by atoms with Gasteiger partial charge in [-0.05, 0) is 12.8 Å². The first-order valence-corrected chi connectivity index (χ1v) is 4.76. The van der Waals surface area contributed by atoms with Crippen LogP contribution < -0.4 is 10.6 Å². The number of carboxylic acid groups (broad SMARTS) is 1. The summed E-state index contributed by atoms with van der Waals surface area (Å²) < 4.78 is 36.6. The van der Waals surface area contributed by atoms with E-state index in [1.165, 1.54) is 0 Å². The number of nitrogens with one attached hydrogen (secondary N) is 2. The highest BCUT2D eigenvalue weighted by atomic mass is 19.4. The van der Waals surface area contributed by atoms with Gasteiger partial charge in [0.05, 0.1) is 6.61 Å². The van der Waals surface area contributed by atoms with Crippen LogP contribution in [0.1, 0.15) is 12.8 Å². The molecule has 0 aliphatic heterocycles. The van der Waals surface area contributed by atoms with E-state index in [-0.39, 0.29) is 6.04 Å². The summed E-state index contributed by atoms with van der Waals surface area (Å²) in [4.78, 5) is 10.2. The van der Waals surface area contributed by atoms with E-state index in [2.05, 4.69) is 10.6 Å². The van der Waals surface area contributed by atoms with Crippen molar-refractivity contribution in [2.24, 2.45) is 0 Å². The molecular weight excluding hydrogens is 229 g/mol. The van der Waals surface area contributed by atoms with E-state index < -0.39 is 31.0 Å². The number of alkyl halides is 3. The first-order valence-electron chi connectivity index (χ1n) is 4.76. The SMILES string of the molecule is O=C(O)NC1CC(NC(CO)C(F)(F)F)C1. The molecule has 0 spiro atoms. The Kier molecular flexibility index (Phi) is 3.98. The second-order valence-corrected chi connectivity index (χ2v) is 3.76. The Morgan fingerprint density at radius 2 is 1.94 bits per heavy atom. The average Bonchev–Trinajstić information content (AvgIpc) is 2.05. The van der Waals surface area contributed by atoms with Gasteiger partial charge in [0.2, 0.25) is 0 Å². The lowest BCUT2D eigenvalue weighted by Gasteiger charge is -2.38. The molecule has 16 heavy (non-hydrogen) atoms. The molecule has 0 aromatic heterocycles. The molecule has 1 fully saturated rings. The summed E-state index contributed by atoms with van der Waals surface area (Å²) in [6, 6.07) is -2.65. The van der Waals surface area contributed by atoms with Crippen LogP contribution in [0.5, 0.6) is 0 Å². The molecule has 1 unspecified atom stereocenters. The Morgan fingerprint density at radius 3 is 2.31 bits per heavy atom. The fraction of sp³-hybridized carbons (Fsp3) is 0.875. The van der Waals surface area contributed by atoms with Gasteiger partial charge in [-0.2, -0.15) is 13.2 Å². The molecule has 1 atom stereocenters. The Labute approximate surface area is 89.6 Å². The van der Waals surface area contributed by atoms with Crippen molar-refractivity contribution in [1.29, 1.82) is 0 Å². The quantitative estimate of drug-likeness (QED) is 0.571. The standard InChI is InChI=1S/C8H13F3N2O3/c9-8(10,11)6(3-14)12-4-1-5(2-4)13-7(15)16/h4-6,12-14H,1-3H2,(H,15,16). The van der Waals surface area contributed by atoms with E-state index in [1.807, 2.05) is 0 Å². The number of amides is 1. The third-order valence-corrected chi connectivity index (χ3v) is 2.48.